The lowest BCUT2D eigenvalue weighted by atomic mass is 10.1. The molecule has 36 heavy (non-hydrogen) atoms. The molecule has 0 amide bonds. The first-order chi connectivity index (χ1) is 17.5. The van der Waals surface area contributed by atoms with Crippen LogP contribution >= 0.6 is 0 Å². The molecule has 1 fully saturated rings. The van der Waals surface area contributed by atoms with Crippen molar-refractivity contribution in [3.8, 4) is 0 Å². The van der Waals surface area contributed by atoms with Crippen LogP contribution in [0.1, 0.15) is 25.0 Å². The Labute approximate surface area is 208 Å². The Hall–Kier alpha value is -3.82. The van der Waals surface area contributed by atoms with Gasteiger partial charge in [0, 0.05) is 49.0 Å². The van der Waals surface area contributed by atoms with Crippen molar-refractivity contribution in [2.24, 2.45) is 0 Å². The first-order valence-corrected chi connectivity index (χ1v) is 12.3. The van der Waals surface area contributed by atoms with Crippen LogP contribution in [0.5, 0.6) is 0 Å². The van der Waals surface area contributed by atoms with Gasteiger partial charge in [-0.1, -0.05) is 12.1 Å². The van der Waals surface area contributed by atoms with Gasteiger partial charge in [0.15, 0.2) is 5.82 Å². The molecule has 2 N–H and O–H groups in total. The summed E-state index contributed by atoms with van der Waals surface area (Å²) in [5, 5.41) is 17.0. The highest BCUT2D eigenvalue weighted by Crippen LogP contribution is 2.27. The average molecular weight is 485 g/mol. The molecule has 6 rings (SSSR count). The summed E-state index contributed by atoms with van der Waals surface area (Å²) >= 11 is 0. The quantitative estimate of drug-likeness (QED) is 0.376. The number of nitrogens with one attached hydrogen (secondary N) is 2. The third-order valence-corrected chi connectivity index (χ3v) is 6.93. The molecular weight excluding hydrogens is 455 g/mol. The molecule has 9 heteroatoms. The predicted octanol–water partition coefficient (Wildman–Crippen LogP) is 4.19. The Morgan fingerprint density at radius 1 is 1.08 bits per heavy atom. The van der Waals surface area contributed by atoms with E-state index in [4.69, 9.17) is 0 Å². The zero-order chi connectivity index (χ0) is 24.6. The fourth-order valence-corrected chi connectivity index (χ4v) is 5.01. The fourth-order valence-electron chi connectivity index (χ4n) is 5.01. The van der Waals surface area contributed by atoms with Crippen molar-refractivity contribution in [2.75, 3.05) is 18.4 Å². The van der Waals surface area contributed by atoms with Crippen LogP contribution in [0.15, 0.2) is 67.3 Å². The summed E-state index contributed by atoms with van der Waals surface area (Å²) in [6.45, 7) is 7.83. The Morgan fingerprint density at radius 3 is 2.89 bits per heavy atom. The second-order valence-electron chi connectivity index (χ2n) is 9.66. The molecule has 3 aromatic heterocycles. The monoisotopic (exact) mass is 484 g/mol. The summed E-state index contributed by atoms with van der Waals surface area (Å²) in [6.07, 6.45) is 5.41. The average Bonchev–Trinajstić information content (AvgIpc) is 3.46. The molecule has 2 aromatic carbocycles. The highest BCUT2D eigenvalue weighted by molar-refractivity contribution is 5.85. The van der Waals surface area contributed by atoms with Gasteiger partial charge >= 0.3 is 0 Å². The van der Waals surface area contributed by atoms with Crippen LogP contribution in [0.3, 0.4) is 0 Å². The van der Waals surface area contributed by atoms with Gasteiger partial charge < -0.3 is 10.6 Å². The minimum absolute atomic E-state index is 0.239. The van der Waals surface area contributed by atoms with Gasteiger partial charge in [0.1, 0.15) is 17.7 Å². The van der Waals surface area contributed by atoms with Crippen molar-refractivity contribution in [3.05, 3.63) is 84.2 Å². The van der Waals surface area contributed by atoms with Crippen molar-refractivity contribution in [3.63, 3.8) is 0 Å². The highest BCUT2D eigenvalue weighted by atomic mass is 19.1. The summed E-state index contributed by atoms with van der Waals surface area (Å²) in [5.41, 5.74) is 4.97. The number of anilines is 2. The third-order valence-electron chi connectivity index (χ3n) is 6.93. The molecule has 2 atom stereocenters. The van der Waals surface area contributed by atoms with Gasteiger partial charge in [-0.3, -0.25) is 9.58 Å². The van der Waals surface area contributed by atoms with E-state index in [9.17, 15) is 4.39 Å². The van der Waals surface area contributed by atoms with Crippen LogP contribution < -0.4 is 10.6 Å². The molecule has 5 aromatic rings. The molecule has 0 spiro atoms. The van der Waals surface area contributed by atoms with E-state index >= 15 is 0 Å². The number of rotatable bonds is 6. The molecule has 0 aliphatic carbocycles. The first-order valence-electron chi connectivity index (χ1n) is 12.3. The Bertz CT molecular complexity index is 1520. The van der Waals surface area contributed by atoms with Gasteiger partial charge in [0.05, 0.1) is 18.3 Å². The lowest BCUT2D eigenvalue weighted by Crippen LogP contribution is -2.53. The predicted molar refractivity (Wildman–Crippen MR) is 139 cm³/mol. The van der Waals surface area contributed by atoms with Gasteiger partial charge in [-0.05, 0) is 61.4 Å². The van der Waals surface area contributed by atoms with Gasteiger partial charge in [0.25, 0.3) is 0 Å². The first kappa shape index (κ1) is 22.6. The Morgan fingerprint density at radius 2 is 2.00 bits per heavy atom. The second kappa shape index (κ2) is 9.33. The summed E-state index contributed by atoms with van der Waals surface area (Å²) in [5.74, 6) is 0.532. The summed E-state index contributed by atoms with van der Waals surface area (Å²) in [4.78, 5) is 7.09. The zero-order valence-corrected chi connectivity index (χ0v) is 20.4. The van der Waals surface area contributed by atoms with Gasteiger partial charge in [-0.15, -0.1) is 0 Å². The summed E-state index contributed by atoms with van der Waals surface area (Å²) < 4.78 is 17.4. The summed E-state index contributed by atoms with van der Waals surface area (Å²) in [6, 6.07) is 15.8. The minimum Gasteiger partial charge on any atom is -0.338 e. The largest absolute Gasteiger partial charge is 0.338 e. The molecule has 0 bridgehead atoms. The zero-order valence-electron chi connectivity index (χ0n) is 20.4. The molecule has 0 radical (unpaired) electrons. The Balaban J connectivity index is 1.27. The smallest absolute Gasteiger partial charge is 0.158 e. The second-order valence-corrected chi connectivity index (χ2v) is 9.66. The van der Waals surface area contributed by atoms with Gasteiger partial charge in [-0.25, -0.2) is 13.9 Å². The SMILES string of the molecule is C[C@@H]1CN[C@@H](C)CN1Cc1ccn2ncnc(Nc3ccc4c(cnn4Cc4cccc(F)c4)c3)c12. The molecule has 184 valence electrons. The number of benzene rings is 2. The van der Waals surface area contributed by atoms with E-state index in [1.54, 1.807) is 18.5 Å². The molecule has 1 aliphatic rings. The van der Waals surface area contributed by atoms with Gasteiger partial charge in [-0.2, -0.15) is 10.2 Å². The molecule has 0 saturated carbocycles. The van der Waals surface area contributed by atoms with Crippen LogP contribution in [0.25, 0.3) is 16.4 Å². The van der Waals surface area contributed by atoms with Crippen LogP contribution in [-0.2, 0) is 13.1 Å². The van der Waals surface area contributed by atoms with E-state index in [-0.39, 0.29) is 5.82 Å². The van der Waals surface area contributed by atoms with E-state index < -0.39 is 0 Å². The lowest BCUT2D eigenvalue weighted by molar-refractivity contribution is 0.139. The molecule has 4 heterocycles. The number of piperazine rings is 1. The number of hydrogen-bond acceptors (Lipinski definition) is 6. The van der Waals surface area contributed by atoms with Crippen LogP contribution in [0.2, 0.25) is 0 Å². The maximum absolute atomic E-state index is 13.6. The maximum atomic E-state index is 13.6. The van der Waals surface area contributed by atoms with Crippen LogP contribution in [0, 0.1) is 5.82 Å². The van der Waals surface area contributed by atoms with Crippen molar-refractivity contribution >= 4 is 27.9 Å². The molecule has 1 aliphatic heterocycles. The normalized spacial score (nSPS) is 18.8. The summed E-state index contributed by atoms with van der Waals surface area (Å²) in [7, 11) is 0. The van der Waals surface area contributed by atoms with E-state index in [2.05, 4.69) is 56.7 Å². The van der Waals surface area contributed by atoms with Crippen molar-refractivity contribution < 1.29 is 4.39 Å². The van der Waals surface area contributed by atoms with E-state index in [0.717, 1.165) is 53.1 Å². The van der Waals surface area contributed by atoms with Crippen LogP contribution in [-0.4, -0.2) is 54.5 Å². The number of fused-ring (bicyclic) bond motifs is 2. The number of nitrogens with zero attached hydrogens (tertiary/aromatic N) is 6. The van der Waals surface area contributed by atoms with Crippen LogP contribution in [0.4, 0.5) is 15.9 Å². The van der Waals surface area contributed by atoms with Gasteiger partial charge in [0.2, 0.25) is 0 Å². The lowest BCUT2D eigenvalue weighted by Gasteiger charge is -2.37. The Kier molecular flexibility index (Phi) is 5.86. The number of hydrogen-bond donors (Lipinski definition) is 2. The maximum Gasteiger partial charge on any atom is 0.158 e. The van der Waals surface area contributed by atoms with E-state index in [0.29, 0.717) is 18.6 Å². The third kappa shape index (κ3) is 4.43. The molecule has 1 saturated heterocycles. The standard InChI is InChI=1S/C27H29FN8/c1-18-14-34(19(2)12-29-18)16-21-8-9-35-26(21)27(30-17-32-35)33-24-6-7-25-22(11-24)13-31-36(25)15-20-4-3-5-23(28)10-20/h3-11,13,17-19,29H,12,14-16H2,1-2H3,(H,30,32,33)/t18-,19+/m0/s1. The molecular formula is C27H29FN8. The van der Waals surface area contributed by atoms with Crippen molar-refractivity contribution in [1.29, 1.82) is 0 Å². The molecule has 0 unspecified atom stereocenters. The topological polar surface area (TPSA) is 75.3 Å². The molecule has 8 nitrogen and oxygen atoms in total. The van der Waals surface area contributed by atoms with E-state index in [1.165, 1.54) is 11.6 Å². The minimum atomic E-state index is -0.239. The number of aromatic nitrogens is 5. The van der Waals surface area contributed by atoms with Crippen molar-refractivity contribution in [2.45, 2.75) is 39.0 Å². The van der Waals surface area contributed by atoms with E-state index in [1.807, 2.05) is 39.8 Å². The highest BCUT2D eigenvalue weighted by Gasteiger charge is 2.24. The van der Waals surface area contributed by atoms with Crippen molar-refractivity contribution in [1.82, 2.24) is 34.6 Å². The number of halogens is 1. The fraction of sp³-hybridized carbons (Fsp3) is 0.296.